The van der Waals surface area contributed by atoms with Gasteiger partial charge in [0.15, 0.2) is 0 Å². The number of carboxylic acid groups (broad SMARTS) is 1. The monoisotopic (exact) mass is 259 g/mol. The molecule has 1 saturated heterocycles. The molecule has 3 amide bonds. The molecule has 0 aliphatic carbocycles. The van der Waals surface area contributed by atoms with Crippen LogP contribution in [0.5, 0.6) is 0 Å². The van der Waals surface area contributed by atoms with Crippen LogP contribution in [0.15, 0.2) is 0 Å². The molecular weight excluding hydrogens is 242 g/mol. The fourth-order valence-corrected chi connectivity index (χ4v) is 1.87. The van der Waals surface area contributed by atoms with Gasteiger partial charge in [0.2, 0.25) is 5.91 Å². The van der Waals surface area contributed by atoms with Gasteiger partial charge in [0.05, 0.1) is 12.5 Å². The van der Waals surface area contributed by atoms with Crippen molar-refractivity contribution in [2.75, 3.05) is 19.7 Å². The summed E-state index contributed by atoms with van der Waals surface area (Å²) in [6.07, 6.45) is 1.20. The third kappa shape index (κ3) is 3.59. The summed E-state index contributed by atoms with van der Waals surface area (Å²) >= 11 is 0. The average molecular weight is 259 g/mol. The lowest BCUT2D eigenvalue weighted by molar-refractivity contribution is -0.143. The van der Waals surface area contributed by atoms with Gasteiger partial charge in [-0.25, -0.2) is 9.59 Å². The Hall–Kier alpha value is -1.83. The maximum absolute atomic E-state index is 11.8. The quantitative estimate of drug-likeness (QED) is 0.479. The first-order chi connectivity index (χ1) is 8.45. The molecule has 0 aromatic heterocycles. The van der Waals surface area contributed by atoms with Crippen LogP contribution in [0.1, 0.15) is 12.8 Å². The number of primary amides is 1. The van der Waals surface area contributed by atoms with Gasteiger partial charge in [-0.3, -0.25) is 4.79 Å². The molecule has 0 bridgehead atoms. The van der Waals surface area contributed by atoms with E-state index in [0.717, 1.165) is 0 Å². The third-order valence-electron chi connectivity index (χ3n) is 2.90. The predicted octanol–water partition coefficient (Wildman–Crippen LogP) is -1.66. The number of hydrogen-bond acceptors (Lipinski definition) is 4. The van der Waals surface area contributed by atoms with E-state index in [0.29, 0.717) is 19.4 Å². The van der Waals surface area contributed by atoms with Gasteiger partial charge in [0.1, 0.15) is 6.04 Å². The van der Waals surface area contributed by atoms with E-state index in [4.69, 9.17) is 15.9 Å². The van der Waals surface area contributed by atoms with Crippen LogP contribution in [0, 0.1) is 5.92 Å². The first-order valence-corrected chi connectivity index (χ1v) is 5.64. The number of nitrogens with zero attached hydrogens (tertiary/aromatic N) is 1. The summed E-state index contributed by atoms with van der Waals surface area (Å²) in [7, 11) is 0. The molecule has 0 spiro atoms. The molecule has 0 radical (unpaired) electrons. The predicted molar refractivity (Wildman–Crippen MR) is 60.5 cm³/mol. The second-order valence-corrected chi connectivity index (χ2v) is 4.21. The molecule has 0 aromatic carbocycles. The highest BCUT2D eigenvalue weighted by molar-refractivity contribution is 5.85. The van der Waals surface area contributed by atoms with Crippen molar-refractivity contribution < 1.29 is 24.6 Å². The molecule has 1 rings (SSSR count). The van der Waals surface area contributed by atoms with Gasteiger partial charge in [-0.2, -0.15) is 0 Å². The lowest BCUT2D eigenvalue weighted by Gasteiger charge is -2.31. The molecule has 1 fully saturated rings. The van der Waals surface area contributed by atoms with Crippen molar-refractivity contribution in [3.05, 3.63) is 0 Å². The number of amides is 3. The summed E-state index contributed by atoms with van der Waals surface area (Å²) in [5.41, 5.74) is 5.13. The number of likely N-dealkylation sites (tertiary alicyclic amines) is 1. The van der Waals surface area contributed by atoms with Crippen molar-refractivity contribution in [2.45, 2.75) is 18.9 Å². The van der Waals surface area contributed by atoms with E-state index in [-0.39, 0.29) is 6.54 Å². The Bertz CT molecular complexity index is 346. The zero-order chi connectivity index (χ0) is 13.7. The van der Waals surface area contributed by atoms with Gasteiger partial charge in [0, 0.05) is 13.1 Å². The Balaban J connectivity index is 2.55. The Labute approximate surface area is 104 Å². The van der Waals surface area contributed by atoms with Crippen molar-refractivity contribution in [3.8, 4) is 0 Å². The number of piperidine rings is 1. The Kier molecular flexibility index (Phi) is 4.90. The first kappa shape index (κ1) is 14.2. The summed E-state index contributed by atoms with van der Waals surface area (Å²) in [6.45, 7) is 0.00767. The minimum atomic E-state index is -1.32. The standard InChI is InChI=1S/C10H17N3O5/c11-10(18)13-3-1-2-6(4-13)8(15)12-7(5-14)9(16)17/h6-7,14H,1-5H2,(H2,11,18)(H,12,15)(H,16,17)/t6?,7-/m1/s1. The Morgan fingerprint density at radius 2 is 2.11 bits per heavy atom. The van der Waals surface area contributed by atoms with Crippen LogP contribution in [-0.2, 0) is 9.59 Å². The number of carbonyl (C=O) groups excluding carboxylic acids is 2. The minimum absolute atomic E-state index is 0.179. The number of carboxylic acids is 1. The third-order valence-corrected chi connectivity index (χ3v) is 2.90. The highest BCUT2D eigenvalue weighted by atomic mass is 16.4. The largest absolute Gasteiger partial charge is 0.480 e. The van der Waals surface area contributed by atoms with Crippen molar-refractivity contribution in [1.29, 1.82) is 0 Å². The zero-order valence-corrected chi connectivity index (χ0v) is 9.83. The van der Waals surface area contributed by atoms with E-state index in [9.17, 15) is 14.4 Å². The molecule has 1 unspecified atom stereocenters. The summed E-state index contributed by atoms with van der Waals surface area (Å²) in [5.74, 6) is -2.27. The van der Waals surface area contributed by atoms with E-state index in [2.05, 4.69) is 5.32 Å². The van der Waals surface area contributed by atoms with Crippen molar-refractivity contribution >= 4 is 17.9 Å². The molecule has 102 valence electrons. The van der Waals surface area contributed by atoms with Crippen molar-refractivity contribution in [3.63, 3.8) is 0 Å². The lowest BCUT2D eigenvalue weighted by atomic mass is 9.97. The van der Waals surface area contributed by atoms with Gasteiger partial charge < -0.3 is 26.2 Å². The number of aliphatic carboxylic acids is 1. The van der Waals surface area contributed by atoms with Crippen LogP contribution in [0.4, 0.5) is 4.79 Å². The maximum atomic E-state index is 11.8. The second kappa shape index (κ2) is 6.20. The van der Waals surface area contributed by atoms with Crippen LogP contribution < -0.4 is 11.1 Å². The van der Waals surface area contributed by atoms with E-state index < -0.39 is 36.5 Å². The average Bonchev–Trinajstić information content (AvgIpc) is 2.35. The number of carbonyl (C=O) groups is 3. The van der Waals surface area contributed by atoms with Gasteiger partial charge in [0.25, 0.3) is 0 Å². The summed E-state index contributed by atoms with van der Waals surface area (Å²) in [5, 5.41) is 19.7. The number of aliphatic hydroxyl groups is 1. The number of hydrogen-bond donors (Lipinski definition) is 4. The molecule has 5 N–H and O–H groups in total. The van der Waals surface area contributed by atoms with Crippen LogP contribution in [-0.4, -0.2) is 58.8 Å². The lowest BCUT2D eigenvalue weighted by Crippen LogP contribution is -2.51. The molecule has 1 aliphatic heterocycles. The Morgan fingerprint density at radius 3 is 2.61 bits per heavy atom. The number of nitrogens with one attached hydrogen (secondary N) is 1. The van der Waals surface area contributed by atoms with E-state index >= 15 is 0 Å². The minimum Gasteiger partial charge on any atom is -0.480 e. The summed E-state index contributed by atoms with van der Waals surface area (Å²) < 4.78 is 0. The molecule has 0 saturated carbocycles. The fourth-order valence-electron chi connectivity index (χ4n) is 1.87. The normalized spacial score (nSPS) is 21.2. The van der Waals surface area contributed by atoms with Gasteiger partial charge in [-0.05, 0) is 12.8 Å². The molecule has 0 aromatic rings. The number of urea groups is 1. The highest BCUT2D eigenvalue weighted by Crippen LogP contribution is 2.16. The molecular formula is C10H17N3O5. The number of rotatable bonds is 4. The second-order valence-electron chi connectivity index (χ2n) is 4.21. The molecule has 18 heavy (non-hydrogen) atoms. The van der Waals surface area contributed by atoms with Gasteiger partial charge in [-0.15, -0.1) is 0 Å². The highest BCUT2D eigenvalue weighted by Gasteiger charge is 2.29. The number of nitrogens with two attached hydrogens (primary N) is 1. The van der Waals surface area contributed by atoms with E-state index in [1.807, 2.05) is 0 Å². The van der Waals surface area contributed by atoms with Gasteiger partial charge in [-0.1, -0.05) is 0 Å². The molecule has 1 aliphatic rings. The smallest absolute Gasteiger partial charge is 0.328 e. The molecule has 8 nitrogen and oxygen atoms in total. The van der Waals surface area contributed by atoms with Crippen molar-refractivity contribution in [1.82, 2.24) is 10.2 Å². The van der Waals surface area contributed by atoms with Crippen LogP contribution in [0.2, 0.25) is 0 Å². The molecule has 8 heteroatoms. The molecule has 1 heterocycles. The Morgan fingerprint density at radius 1 is 1.44 bits per heavy atom. The van der Waals surface area contributed by atoms with Crippen LogP contribution in [0.3, 0.4) is 0 Å². The van der Waals surface area contributed by atoms with Crippen LogP contribution >= 0.6 is 0 Å². The van der Waals surface area contributed by atoms with E-state index in [1.165, 1.54) is 4.90 Å². The van der Waals surface area contributed by atoms with E-state index in [1.54, 1.807) is 0 Å². The SMILES string of the molecule is NC(=O)N1CCCC(C(=O)N[C@H](CO)C(=O)O)C1. The topological polar surface area (TPSA) is 133 Å². The maximum Gasteiger partial charge on any atom is 0.328 e. The summed E-state index contributed by atoms with van der Waals surface area (Å²) in [6, 6.07) is -1.91. The molecule has 2 atom stereocenters. The fraction of sp³-hybridized carbons (Fsp3) is 0.700. The van der Waals surface area contributed by atoms with Gasteiger partial charge >= 0.3 is 12.0 Å². The zero-order valence-electron chi connectivity index (χ0n) is 9.83. The van der Waals surface area contributed by atoms with Crippen molar-refractivity contribution in [2.24, 2.45) is 11.7 Å². The first-order valence-electron chi connectivity index (χ1n) is 5.64. The van der Waals surface area contributed by atoms with Crippen LogP contribution in [0.25, 0.3) is 0 Å². The summed E-state index contributed by atoms with van der Waals surface area (Å²) in [4.78, 5) is 34.8. The number of aliphatic hydroxyl groups excluding tert-OH is 1.